The largest absolute Gasteiger partial charge is 0.391 e. The second-order valence-electron chi connectivity index (χ2n) is 16.9. The van der Waals surface area contributed by atoms with Crippen molar-refractivity contribution < 1.29 is 38.7 Å². The SMILES string of the molecule is CCCCCCN1C[C@H](C(=O)[C@H](Cc2ccccc2)NC(=O)CNC(=O)[C@@H]2C[C@H](O)CN2C(=O)[C@@H]2CCCN2C(=O)[C@H](CCCN=C(N)N)NC(=O)[C@H](N)CCCN=C(N)N)CC1=O. The third-order valence-corrected chi connectivity index (χ3v) is 11.8. The minimum absolute atomic E-state index is 0.0636. The maximum absolute atomic E-state index is 14.2. The molecule has 3 heterocycles. The van der Waals surface area contributed by atoms with Gasteiger partial charge in [-0.25, -0.2) is 0 Å². The van der Waals surface area contributed by atoms with Crippen molar-refractivity contribution in [3.8, 4) is 0 Å². The Labute approximate surface area is 374 Å². The number of guanidine groups is 2. The molecule has 0 bridgehead atoms. The van der Waals surface area contributed by atoms with Crippen LogP contribution in [-0.2, 0) is 40.0 Å². The number of carbonyl (C=O) groups is 7. The number of nitrogens with zero attached hydrogens (tertiary/aromatic N) is 5. The third-order valence-electron chi connectivity index (χ3n) is 11.8. The highest BCUT2D eigenvalue weighted by atomic mass is 16.3. The molecule has 3 aliphatic heterocycles. The minimum atomic E-state index is -1.16. The van der Waals surface area contributed by atoms with Crippen molar-refractivity contribution in [1.29, 1.82) is 0 Å². The molecule has 7 atom stereocenters. The number of nitrogens with one attached hydrogen (secondary N) is 3. The fourth-order valence-electron chi connectivity index (χ4n) is 8.47. The zero-order valence-corrected chi connectivity index (χ0v) is 37.0. The molecule has 3 saturated heterocycles. The fourth-order valence-corrected chi connectivity index (χ4v) is 8.47. The van der Waals surface area contributed by atoms with E-state index in [2.05, 4.69) is 32.9 Å². The molecule has 0 saturated carbocycles. The normalized spacial score (nSPS) is 20.9. The van der Waals surface area contributed by atoms with Crippen LogP contribution in [0.25, 0.3) is 0 Å². The van der Waals surface area contributed by atoms with Crippen molar-refractivity contribution >= 4 is 53.1 Å². The van der Waals surface area contributed by atoms with Crippen molar-refractivity contribution in [1.82, 2.24) is 30.7 Å². The van der Waals surface area contributed by atoms with Gasteiger partial charge in [0.05, 0.1) is 24.7 Å². The lowest BCUT2D eigenvalue weighted by atomic mass is 9.92. The molecule has 1 aromatic rings. The number of benzene rings is 1. The number of rotatable bonds is 25. The van der Waals surface area contributed by atoms with Crippen LogP contribution in [0.15, 0.2) is 40.3 Å². The Morgan fingerprint density at radius 3 is 2.20 bits per heavy atom. The van der Waals surface area contributed by atoms with Gasteiger partial charge < -0.3 is 64.4 Å². The first-order valence-corrected chi connectivity index (χ1v) is 22.5. The van der Waals surface area contributed by atoms with Crippen molar-refractivity contribution in [3.05, 3.63) is 35.9 Å². The summed E-state index contributed by atoms with van der Waals surface area (Å²) in [6, 6.07) is 3.99. The van der Waals surface area contributed by atoms with Crippen LogP contribution >= 0.6 is 0 Å². The van der Waals surface area contributed by atoms with Crippen LogP contribution in [-0.4, -0.2) is 155 Å². The average molecular weight is 896 g/mol. The van der Waals surface area contributed by atoms with Gasteiger partial charge >= 0.3 is 0 Å². The molecule has 0 radical (unpaired) electrons. The first-order chi connectivity index (χ1) is 30.6. The van der Waals surface area contributed by atoms with E-state index in [0.717, 1.165) is 31.2 Å². The summed E-state index contributed by atoms with van der Waals surface area (Å²) in [4.78, 5) is 108. The third kappa shape index (κ3) is 15.5. The number of aliphatic imine (C=N–C) groups is 2. The molecular formula is C43H69N13O8. The van der Waals surface area contributed by atoms with Crippen LogP contribution in [0.4, 0.5) is 0 Å². The first kappa shape index (κ1) is 50.8. The molecule has 6 amide bonds. The van der Waals surface area contributed by atoms with E-state index in [1.807, 2.05) is 30.3 Å². The number of ketones is 1. The van der Waals surface area contributed by atoms with E-state index in [9.17, 15) is 38.7 Å². The van der Waals surface area contributed by atoms with Gasteiger partial charge in [-0.3, -0.25) is 43.5 Å². The summed E-state index contributed by atoms with van der Waals surface area (Å²) < 4.78 is 0. The molecule has 0 aromatic heterocycles. The number of amides is 6. The topological polar surface area (TPSA) is 340 Å². The molecule has 64 heavy (non-hydrogen) atoms. The van der Waals surface area contributed by atoms with Gasteiger partial charge in [-0.15, -0.1) is 0 Å². The summed E-state index contributed by atoms with van der Waals surface area (Å²) in [6.45, 7) is 2.90. The molecule has 14 N–H and O–H groups in total. The number of unbranched alkanes of at least 4 members (excludes halogenated alkanes) is 3. The molecule has 0 unspecified atom stereocenters. The minimum Gasteiger partial charge on any atom is -0.391 e. The number of β-amino-alcohol motifs (C(OH)–C–C–N with tert-alkyl or cyclic N) is 1. The summed E-state index contributed by atoms with van der Waals surface area (Å²) in [5.74, 6) is -4.18. The van der Waals surface area contributed by atoms with Gasteiger partial charge in [0.1, 0.15) is 18.1 Å². The summed E-state index contributed by atoms with van der Waals surface area (Å²) in [5.41, 5.74) is 28.6. The monoisotopic (exact) mass is 896 g/mol. The summed E-state index contributed by atoms with van der Waals surface area (Å²) in [6.07, 6.45) is 4.89. The van der Waals surface area contributed by atoms with E-state index in [0.29, 0.717) is 25.8 Å². The predicted molar refractivity (Wildman–Crippen MR) is 240 cm³/mol. The Bertz CT molecular complexity index is 1820. The summed E-state index contributed by atoms with van der Waals surface area (Å²) >= 11 is 0. The second-order valence-corrected chi connectivity index (χ2v) is 16.9. The van der Waals surface area contributed by atoms with Crippen LogP contribution in [0.2, 0.25) is 0 Å². The quantitative estimate of drug-likeness (QED) is 0.0284. The number of likely N-dealkylation sites (tertiary alicyclic amines) is 3. The van der Waals surface area contributed by atoms with Crippen molar-refractivity contribution in [3.63, 3.8) is 0 Å². The van der Waals surface area contributed by atoms with Gasteiger partial charge in [-0.2, -0.15) is 0 Å². The van der Waals surface area contributed by atoms with Crippen LogP contribution < -0.4 is 44.6 Å². The molecule has 4 rings (SSSR count). The highest BCUT2D eigenvalue weighted by Crippen LogP contribution is 2.27. The number of aliphatic hydroxyl groups excluding tert-OH is 1. The van der Waals surface area contributed by atoms with E-state index in [4.69, 9.17) is 28.7 Å². The molecule has 354 valence electrons. The molecule has 0 aliphatic carbocycles. The zero-order chi connectivity index (χ0) is 46.8. The fraction of sp³-hybridized carbons (Fsp3) is 0.651. The van der Waals surface area contributed by atoms with Crippen LogP contribution in [0.5, 0.6) is 0 Å². The Hall–Kier alpha value is -5.83. The molecule has 1 aromatic carbocycles. The van der Waals surface area contributed by atoms with E-state index in [1.54, 1.807) is 4.90 Å². The van der Waals surface area contributed by atoms with Crippen molar-refractivity contribution in [2.45, 2.75) is 127 Å². The lowest BCUT2D eigenvalue weighted by molar-refractivity contribution is -0.148. The molecule has 3 aliphatic rings. The van der Waals surface area contributed by atoms with Gasteiger partial charge in [-0.1, -0.05) is 56.5 Å². The zero-order valence-electron chi connectivity index (χ0n) is 37.0. The Balaban J connectivity index is 1.40. The van der Waals surface area contributed by atoms with E-state index < -0.39 is 78.3 Å². The number of carbonyl (C=O) groups excluding carboxylic acids is 7. The molecule has 21 nitrogen and oxygen atoms in total. The molecule has 0 spiro atoms. The number of nitrogens with two attached hydrogens (primary N) is 5. The lowest BCUT2D eigenvalue weighted by Gasteiger charge is -2.33. The van der Waals surface area contributed by atoms with Gasteiger partial charge in [0.2, 0.25) is 35.4 Å². The highest BCUT2D eigenvalue weighted by Gasteiger charge is 2.46. The molecule has 21 heteroatoms. The van der Waals surface area contributed by atoms with E-state index >= 15 is 0 Å². The maximum Gasteiger partial charge on any atom is 0.246 e. The average Bonchev–Trinajstić information content (AvgIpc) is 4.01. The number of hydrogen-bond acceptors (Lipinski definition) is 11. The van der Waals surface area contributed by atoms with E-state index in [-0.39, 0.29) is 94.9 Å². The standard InChI is InChI=1S/C43H69N13O8/c1-2-3-4-8-19-54-25-28(22-36(54)59)37(60)32(21-27-12-6-5-7-13-27)52-35(58)24-51-39(62)34-23-29(57)26-56(34)41(64)33-16-11-20-55(33)40(63)31(15-10-18-50-43(47)48)53-38(61)30(44)14-9-17-49-42(45)46/h5-7,12-13,28-34,57H,2-4,8-11,14-26,44H2,1H3,(H,51,62)(H,52,58)(H,53,61)(H4,45,46,49)(H4,47,48,50)/t28-,29+,30-,31+,32+,33+,34+/m1/s1. The molecular weight excluding hydrogens is 827 g/mol. The first-order valence-electron chi connectivity index (χ1n) is 22.5. The Morgan fingerprint density at radius 2 is 1.53 bits per heavy atom. The smallest absolute Gasteiger partial charge is 0.246 e. The van der Waals surface area contributed by atoms with Crippen molar-refractivity contribution in [2.24, 2.45) is 44.6 Å². The lowest BCUT2D eigenvalue weighted by Crippen LogP contribution is -2.57. The van der Waals surface area contributed by atoms with Crippen molar-refractivity contribution in [2.75, 3.05) is 45.8 Å². The number of Topliss-reactive ketones (excluding diaryl/α,β-unsaturated/α-hetero) is 1. The van der Waals surface area contributed by atoms with E-state index in [1.165, 1.54) is 9.80 Å². The van der Waals surface area contributed by atoms with Gasteiger partial charge in [-0.05, 0) is 56.9 Å². The van der Waals surface area contributed by atoms with Gasteiger partial charge in [0.25, 0.3) is 0 Å². The Kier molecular flexibility index (Phi) is 20.2. The summed E-state index contributed by atoms with van der Waals surface area (Å²) in [5, 5.41) is 18.8. The second kappa shape index (κ2) is 25.5. The summed E-state index contributed by atoms with van der Waals surface area (Å²) in [7, 11) is 0. The van der Waals surface area contributed by atoms with Gasteiger partial charge in [0.15, 0.2) is 17.7 Å². The molecule has 3 fully saturated rings. The Morgan fingerprint density at radius 1 is 0.844 bits per heavy atom. The van der Waals surface area contributed by atoms with Crippen LogP contribution in [0.3, 0.4) is 0 Å². The van der Waals surface area contributed by atoms with Crippen LogP contribution in [0.1, 0.15) is 89.5 Å². The predicted octanol–water partition coefficient (Wildman–Crippen LogP) is -2.30. The van der Waals surface area contributed by atoms with Gasteiger partial charge in [0, 0.05) is 58.0 Å². The highest BCUT2D eigenvalue weighted by molar-refractivity contribution is 5.98. The maximum atomic E-state index is 14.2. The number of hydrogen-bond donors (Lipinski definition) is 9. The van der Waals surface area contributed by atoms with Crippen LogP contribution in [0, 0.1) is 5.92 Å². The number of aliphatic hydroxyl groups is 1.